The fourth-order valence-corrected chi connectivity index (χ4v) is 7.83. The van der Waals surface area contributed by atoms with E-state index >= 15 is 13.2 Å². The molecular weight excluding hydrogens is 635 g/mol. The highest BCUT2D eigenvalue weighted by molar-refractivity contribution is 7.92. The third-order valence-corrected chi connectivity index (χ3v) is 10.5. The van der Waals surface area contributed by atoms with Crippen LogP contribution in [0.2, 0.25) is 0 Å². The number of anilines is 2. The zero-order valence-electron chi connectivity index (χ0n) is 26.3. The van der Waals surface area contributed by atoms with Gasteiger partial charge in [-0.15, -0.1) is 0 Å². The Hall–Kier alpha value is -4.69. The minimum atomic E-state index is -3.96. The summed E-state index contributed by atoms with van der Waals surface area (Å²) in [5.41, 5.74) is -1.90. The molecule has 0 spiro atoms. The van der Waals surface area contributed by atoms with Crippen molar-refractivity contribution in [1.29, 1.82) is 0 Å². The molecule has 4 heterocycles. The van der Waals surface area contributed by atoms with Crippen molar-refractivity contribution in [3.63, 3.8) is 0 Å². The first-order valence-electron chi connectivity index (χ1n) is 14.8. The van der Waals surface area contributed by atoms with Crippen molar-refractivity contribution in [3.05, 3.63) is 87.6 Å². The maximum absolute atomic E-state index is 17.2. The SMILES string of the molecule is C=CS(=O)(=O)N1CC2C(=O)N(C)c3c(c4cc(F)c(-c5c(O)cccc5F)c(F)c4n(-c4c(C)ccnc4C(C)C)c3=O)N2CC1C. The molecule has 0 saturated carbocycles. The predicted octanol–water partition coefficient (Wildman–Crippen LogP) is 4.94. The first-order valence-corrected chi connectivity index (χ1v) is 16.4. The fourth-order valence-electron chi connectivity index (χ4n) is 6.72. The number of aromatic hydroxyl groups is 1. The number of hydrogen-bond donors (Lipinski definition) is 1. The number of nitrogens with zero attached hydrogens (tertiary/aromatic N) is 5. The van der Waals surface area contributed by atoms with Crippen LogP contribution in [0.3, 0.4) is 0 Å². The van der Waals surface area contributed by atoms with Gasteiger partial charge in [-0.2, -0.15) is 4.31 Å². The van der Waals surface area contributed by atoms with E-state index in [2.05, 4.69) is 11.6 Å². The van der Waals surface area contributed by atoms with Gasteiger partial charge in [0.15, 0.2) is 5.82 Å². The van der Waals surface area contributed by atoms with E-state index in [-0.39, 0.29) is 41.5 Å². The molecular formula is C33H32F3N5O5S. The molecule has 2 aromatic carbocycles. The Bertz CT molecular complexity index is 2170. The lowest BCUT2D eigenvalue weighted by Crippen LogP contribution is -2.66. The highest BCUT2D eigenvalue weighted by atomic mass is 32.2. The van der Waals surface area contributed by atoms with Crippen molar-refractivity contribution in [2.24, 2.45) is 0 Å². The van der Waals surface area contributed by atoms with Gasteiger partial charge in [0.1, 0.15) is 29.1 Å². The first-order chi connectivity index (χ1) is 22.1. The van der Waals surface area contributed by atoms with Crippen molar-refractivity contribution in [3.8, 4) is 22.6 Å². The number of aryl methyl sites for hydroxylation is 1. The van der Waals surface area contributed by atoms with Gasteiger partial charge in [0.25, 0.3) is 11.5 Å². The van der Waals surface area contributed by atoms with Crippen molar-refractivity contribution in [2.45, 2.75) is 45.7 Å². The Morgan fingerprint density at radius 3 is 2.38 bits per heavy atom. The van der Waals surface area contributed by atoms with E-state index in [0.717, 1.165) is 37.4 Å². The van der Waals surface area contributed by atoms with Crippen LogP contribution in [0.15, 0.2) is 53.3 Å². The Balaban J connectivity index is 1.80. The second kappa shape index (κ2) is 11.2. The number of fused-ring (bicyclic) bond motifs is 5. The van der Waals surface area contributed by atoms with Crippen molar-refractivity contribution >= 4 is 38.2 Å². The van der Waals surface area contributed by atoms with Crippen LogP contribution in [0.25, 0.3) is 27.7 Å². The van der Waals surface area contributed by atoms with Crippen LogP contribution in [-0.2, 0) is 14.8 Å². The largest absolute Gasteiger partial charge is 0.507 e. The predicted molar refractivity (Wildman–Crippen MR) is 173 cm³/mol. The normalized spacial score (nSPS) is 18.5. The van der Waals surface area contributed by atoms with E-state index < -0.39 is 73.4 Å². The number of sulfonamides is 1. The zero-order chi connectivity index (χ0) is 34.3. The fraction of sp³-hybridized carbons (Fsp3) is 0.303. The molecule has 2 aliphatic heterocycles. The number of phenolic OH excluding ortho intramolecular Hbond substituents is 1. The Morgan fingerprint density at radius 2 is 1.74 bits per heavy atom. The highest BCUT2D eigenvalue weighted by Crippen LogP contribution is 2.46. The number of rotatable bonds is 5. The van der Waals surface area contributed by atoms with Crippen LogP contribution in [0.4, 0.5) is 24.5 Å². The number of phenols is 1. The zero-order valence-corrected chi connectivity index (χ0v) is 27.1. The number of amides is 1. The molecule has 10 nitrogen and oxygen atoms in total. The monoisotopic (exact) mass is 667 g/mol. The molecule has 2 unspecified atom stereocenters. The molecule has 6 rings (SSSR count). The molecule has 2 aromatic heterocycles. The summed E-state index contributed by atoms with van der Waals surface area (Å²) in [5, 5.41) is 11.2. The number of halogens is 3. The van der Waals surface area contributed by atoms with E-state index in [1.165, 1.54) is 24.2 Å². The molecule has 0 aliphatic carbocycles. The van der Waals surface area contributed by atoms with Crippen LogP contribution in [-0.4, -0.2) is 65.5 Å². The summed E-state index contributed by atoms with van der Waals surface area (Å²) in [6.45, 7) is 9.92. The molecule has 4 aromatic rings. The van der Waals surface area contributed by atoms with Gasteiger partial charge in [-0.05, 0) is 49.6 Å². The summed E-state index contributed by atoms with van der Waals surface area (Å²) in [6, 6.07) is 3.92. The van der Waals surface area contributed by atoms with Crippen LogP contribution < -0.4 is 15.4 Å². The minimum absolute atomic E-state index is 0.0191. The Labute approximate surface area is 269 Å². The third kappa shape index (κ3) is 4.72. The number of hydrogen-bond acceptors (Lipinski definition) is 7. The average Bonchev–Trinajstić information content (AvgIpc) is 3.01. The van der Waals surface area contributed by atoms with Crippen molar-refractivity contribution in [2.75, 3.05) is 29.9 Å². The second-order valence-electron chi connectivity index (χ2n) is 12.1. The molecule has 1 amide bonds. The standard InChI is InChI=1S/C33H32F3N5O5S/c1-7-47(45,46)40-15-22-32(43)38(6)31-30(39(22)14-18(40)5)19-13-21(35)25(24-20(34)9-8-10-23(24)42)26(36)29(19)41(33(31)44)28-17(4)11-12-37-27(28)16(2)3/h7-13,16,18,22,42H,1,14-15H2,2-6H3. The molecule has 0 bridgehead atoms. The van der Waals surface area contributed by atoms with Crippen molar-refractivity contribution < 1.29 is 31.5 Å². The quantitative estimate of drug-likeness (QED) is 0.321. The van der Waals surface area contributed by atoms with Gasteiger partial charge in [0.05, 0.1) is 33.7 Å². The van der Waals surface area contributed by atoms with Crippen LogP contribution in [0.5, 0.6) is 5.75 Å². The average molecular weight is 668 g/mol. The highest BCUT2D eigenvalue weighted by Gasteiger charge is 2.47. The molecule has 47 heavy (non-hydrogen) atoms. The number of piperazine rings is 1. The number of carbonyl (C=O) groups is 1. The van der Waals surface area contributed by atoms with E-state index in [9.17, 15) is 23.1 Å². The lowest BCUT2D eigenvalue weighted by atomic mass is 9.95. The summed E-state index contributed by atoms with van der Waals surface area (Å²) in [4.78, 5) is 35.7. The van der Waals surface area contributed by atoms with Crippen molar-refractivity contribution in [1.82, 2.24) is 13.9 Å². The maximum Gasteiger partial charge on any atom is 0.281 e. The van der Waals surface area contributed by atoms with Gasteiger partial charge >= 0.3 is 0 Å². The van der Waals surface area contributed by atoms with Crippen LogP contribution in [0.1, 0.15) is 37.9 Å². The molecule has 2 atom stereocenters. The Morgan fingerprint density at radius 1 is 1.04 bits per heavy atom. The second-order valence-corrected chi connectivity index (χ2v) is 14.0. The van der Waals surface area contributed by atoms with E-state index in [0.29, 0.717) is 11.3 Å². The van der Waals surface area contributed by atoms with Gasteiger partial charge in [0.2, 0.25) is 10.0 Å². The summed E-state index contributed by atoms with van der Waals surface area (Å²) in [7, 11) is -2.61. The number of carbonyl (C=O) groups excluding carboxylic acids is 1. The number of likely N-dealkylation sites (N-methyl/N-ethyl adjacent to an activating group) is 1. The number of benzene rings is 2. The molecule has 1 fully saturated rings. The summed E-state index contributed by atoms with van der Waals surface area (Å²) >= 11 is 0. The molecule has 1 saturated heterocycles. The van der Waals surface area contributed by atoms with Crippen LogP contribution in [0, 0.1) is 24.4 Å². The van der Waals surface area contributed by atoms with E-state index in [4.69, 9.17) is 0 Å². The van der Waals surface area contributed by atoms with Gasteiger partial charge in [0, 0.05) is 43.2 Å². The Kier molecular flexibility index (Phi) is 7.71. The maximum atomic E-state index is 17.2. The summed E-state index contributed by atoms with van der Waals surface area (Å²) < 4.78 is 76.4. The lowest BCUT2D eigenvalue weighted by molar-refractivity contribution is -0.120. The molecule has 2 aliphatic rings. The van der Waals surface area contributed by atoms with Gasteiger partial charge in [-0.3, -0.25) is 19.1 Å². The molecule has 1 N–H and O–H groups in total. The van der Waals surface area contributed by atoms with Gasteiger partial charge in [-0.1, -0.05) is 26.5 Å². The van der Waals surface area contributed by atoms with Gasteiger partial charge in [-0.25, -0.2) is 21.6 Å². The first kappa shape index (κ1) is 32.3. The number of pyridine rings is 2. The molecule has 14 heteroatoms. The van der Waals surface area contributed by atoms with Crippen LogP contribution >= 0.6 is 0 Å². The van der Waals surface area contributed by atoms with Gasteiger partial charge < -0.3 is 14.9 Å². The lowest BCUT2D eigenvalue weighted by Gasteiger charge is -2.49. The smallest absolute Gasteiger partial charge is 0.281 e. The minimum Gasteiger partial charge on any atom is -0.507 e. The summed E-state index contributed by atoms with van der Waals surface area (Å²) in [6.07, 6.45) is 1.54. The van der Waals surface area contributed by atoms with E-state index in [1.807, 2.05) is 13.8 Å². The number of aromatic nitrogens is 2. The molecule has 246 valence electrons. The van der Waals surface area contributed by atoms with E-state index in [1.54, 1.807) is 19.9 Å². The summed E-state index contributed by atoms with van der Waals surface area (Å²) in [5.74, 6) is -5.23. The third-order valence-electron chi connectivity index (χ3n) is 8.92. The topological polar surface area (TPSA) is 116 Å². The molecule has 0 radical (unpaired) electrons.